The molecule has 0 aliphatic carbocycles. The number of aryl methyl sites for hydroxylation is 2. The van der Waals surface area contributed by atoms with Gasteiger partial charge in [-0.25, -0.2) is 0 Å². The summed E-state index contributed by atoms with van der Waals surface area (Å²) in [4.78, 5) is 31.0. The van der Waals surface area contributed by atoms with E-state index in [1.54, 1.807) is 22.8 Å². The van der Waals surface area contributed by atoms with Gasteiger partial charge in [-0.05, 0) is 43.7 Å². The molecule has 0 radical (unpaired) electrons. The van der Waals surface area contributed by atoms with E-state index >= 15 is 0 Å². The van der Waals surface area contributed by atoms with E-state index in [-0.39, 0.29) is 17.8 Å². The predicted octanol–water partition coefficient (Wildman–Crippen LogP) is 3.33. The third kappa shape index (κ3) is 3.93. The Morgan fingerprint density at radius 3 is 2.82 bits per heavy atom. The Hall–Kier alpha value is -3.79. The fraction of sp³-hybridized carbons (Fsp3) is 0.261. The molecule has 5 rings (SSSR count). The largest absolute Gasteiger partial charge is 0.463 e. The number of ether oxygens (including phenoxy) is 1. The molecular weight excluding hydrogens is 440 g/mol. The number of benzene rings is 1. The van der Waals surface area contributed by atoms with Crippen molar-refractivity contribution in [1.82, 2.24) is 15.1 Å². The van der Waals surface area contributed by atoms with E-state index in [1.807, 2.05) is 37.3 Å². The van der Waals surface area contributed by atoms with Crippen LogP contribution in [0, 0.1) is 19.3 Å². The molecule has 1 fully saturated rings. The Balaban J connectivity index is 1.37. The van der Waals surface area contributed by atoms with Gasteiger partial charge in [0.2, 0.25) is 0 Å². The number of carbonyl (C=O) groups is 2. The van der Waals surface area contributed by atoms with Gasteiger partial charge in [0.1, 0.15) is 6.61 Å². The number of rotatable bonds is 5. The lowest BCUT2D eigenvalue weighted by Crippen LogP contribution is -2.25. The SMILES string of the molecule is Cc1ccc(C(=O)Nc2nnc(C)c3c2CN(Cc2cccc(N4CCOC4=N)c2)C3=O)s1. The van der Waals surface area contributed by atoms with Crippen LogP contribution in [0.2, 0.25) is 0 Å². The highest BCUT2D eigenvalue weighted by molar-refractivity contribution is 7.14. The summed E-state index contributed by atoms with van der Waals surface area (Å²) in [6, 6.07) is 11.5. The summed E-state index contributed by atoms with van der Waals surface area (Å²) in [6.45, 7) is 5.52. The van der Waals surface area contributed by atoms with Crippen molar-refractivity contribution in [3.05, 3.63) is 68.5 Å². The first-order valence-corrected chi connectivity index (χ1v) is 11.3. The number of nitrogens with zero attached hydrogens (tertiary/aromatic N) is 4. The molecule has 2 aliphatic heterocycles. The van der Waals surface area contributed by atoms with Crippen LogP contribution in [-0.2, 0) is 17.8 Å². The van der Waals surface area contributed by atoms with Gasteiger partial charge in [0.05, 0.1) is 29.2 Å². The summed E-state index contributed by atoms with van der Waals surface area (Å²) in [6.07, 6.45) is 0. The van der Waals surface area contributed by atoms with Gasteiger partial charge in [0.15, 0.2) is 5.82 Å². The highest BCUT2D eigenvalue weighted by Gasteiger charge is 2.33. The Kier molecular flexibility index (Phi) is 5.29. The van der Waals surface area contributed by atoms with Gasteiger partial charge in [-0.3, -0.25) is 19.9 Å². The maximum absolute atomic E-state index is 13.2. The van der Waals surface area contributed by atoms with Gasteiger partial charge in [0, 0.05) is 22.7 Å². The first kappa shape index (κ1) is 21.1. The molecule has 0 saturated carbocycles. The monoisotopic (exact) mass is 462 g/mol. The second-order valence-electron chi connectivity index (χ2n) is 7.99. The van der Waals surface area contributed by atoms with E-state index in [2.05, 4.69) is 15.5 Å². The highest BCUT2D eigenvalue weighted by Crippen LogP contribution is 2.31. The summed E-state index contributed by atoms with van der Waals surface area (Å²) < 4.78 is 5.24. The number of thiophene rings is 1. The lowest BCUT2D eigenvalue weighted by atomic mass is 10.1. The molecule has 1 aromatic carbocycles. The Labute approximate surface area is 194 Å². The topological polar surface area (TPSA) is 112 Å². The number of fused-ring (bicyclic) bond motifs is 1. The number of carbonyl (C=O) groups excluding carboxylic acids is 2. The number of aromatic nitrogens is 2. The lowest BCUT2D eigenvalue weighted by molar-refractivity contribution is 0.0766. The predicted molar refractivity (Wildman–Crippen MR) is 125 cm³/mol. The van der Waals surface area contributed by atoms with E-state index in [9.17, 15) is 9.59 Å². The van der Waals surface area contributed by atoms with E-state index in [4.69, 9.17) is 10.1 Å². The van der Waals surface area contributed by atoms with Crippen molar-refractivity contribution in [1.29, 1.82) is 5.41 Å². The smallest absolute Gasteiger partial charge is 0.289 e. The first-order valence-electron chi connectivity index (χ1n) is 10.5. The number of hydrogen-bond acceptors (Lipinski definition) is 7. The summed E-state index contributed by atoms with van der Waals surface area (Å²) in [5, 5.41) is 19.0. The van der Waals surface area contributed by atoms with Crippen LogP contribution in [0.3, 0.4) is 0 Å². The van der Waals surface area contributed by atoms with Gasteiger partial charge in [0.25, 0.3) is 17.8 Å². The molecular formula is C23H22N6O3S. The number of amidine groups is 1. The minimum Gasteiger partial charge on any atom is -0.463 e. The quantitative estimate of drug-likeness (QED) is 0.602. The summed E-state index contributed by atoms with van der Waals surface area (Å²) in [5.74, 6) is -0.0798. The van der Waals surface area contributed by atoms with Crippen LogP contribution in [0.1, 0.15) is 41.7 Å². The second-order valence-corrected chi connectivity index (χ2v) is 9.28. The van der Waals surface area contributed by atoms with Gasteiger partial charge in [-0.2, -0.15) is 5.10 Å². The standard InChI is InChI=1S/C23H22N6O3S/c1-13-6-7-18(33-13)21(30)25-20-17-12-28(22(31)19(17)14(2)26-27-20)11-15-4-3-5-16(10-15)29-8-9-32-23(29)24/h3-7,10,24H,8-9,11-12H2,1-2H3,(H,25,27,30). The van der Waals surface area contributed by atoms with Gasteiger partial charge >= 0.3 is 0 Å². The lowest BCUT2D eigenvalue weighted by Gasteiger charge is -2.19. The van der Waals surface area contributed by atoms with E-state index < -0.39 is 0 Å². The molecule has 33 heavy (non-hydrogen) atoms. The van der Waals surface area contributed by atoms with Crippen molar-refractivity contribution < 1.29 is 14.3 Å². The number of nitrogens with one attached hydrogen (secondary N) is 2. The molecule has 2 aliphatic rings. The molecule has 168 valence electrons. The maximum Gasteiger partial charge on any atom is 0.289 e. The molecule has 10 heteroatoms. The van der Waals surface area contributed by atoms with Crippen molar-refractivity contribution >= 4 is 40.7 Å². The van der Waals surface area contributed by atoms with Gasteiger partial charge < -0.3 is 15.0 Å². The molecule has 2 aromatic heterocycles. The van der Waals surface area contributed by atoms with Crippen molar-refractivity contribution in [2.75, 3.05) is 23.4 Å². The first-order chi connectivity index (χ1) is 15.9. The third-order valence-electron chi connectivity index (χ3n) is 5.69. The average Bonchev–Trinajstić information content (AvgIpc) is 3.50. The van der Waals surface area contributed by atoms with Crippen LogP contribution >= 0.6 is 11.3 Å². The molecule has 3 aromatic rings. The Morgan fingerprint density at radius 2 is 2.09 bits per heavy atom. The number of hydrogen-bond donors (Lipinski definition) is 2. The molecule has 0 spiro atoms. The molecule has 0 bridgehead atoms. The zero-order chi connectivity index (χ0) is 23.1. The number of anilines is 2. The molecule has 4 heterocycles. The normalized spacial score (nSPS) is 15.1. The molecule has 1 saturated heterocycles. The van der Waals surface area contributed by atoms with Crippen molar-refractivity contribution in [2.24, 2.45) is 0 Å². The van der Waals surface area contributed by atoms with Gasteiger partial charge in [-0.1, -0.05) is 12.1 Å². The zero-order valence-corrected chi connectivity index (χ0v) is 19.0. The molecule has 2 N–H and O–H groups in total. The average molecular weight is 463 g/mol. The summed E-state index contributed by atoms with van der Waals surface area (Å²) >= 11 is 1.40. The zero-order valence-electron chi connectivity index (χ0n) is 18.2. The number of amides is 2. The fourth-order valence-electron chi connectivity index (χ4n) is 4.09. The highest BCUT2D eigenvalue weighted by atomic mass is 32.1. The van der Waals surface area contributed by atoms with Crippen LogP contribution in [0.15, 0.2) is 36.4 Å². The molecule has 0 unspecified atom stereocenters. The van der Waals surface area contributed by atoms with Crippen molar-refractivity contribution in [3.8, 4) is 0 Å². The van der Waals surface area contributed by atoms with Crippen molar-refractivity contribution in [2.45, 2.75) is 26.9 Å². The van der Waals surface area contributed by atoms with Crippen LogP contribution in [0.5, 0.6) is 0 Å². The maximum atomic E-state index is 13.2. The van der Waals surface area contributed by atoms with Crippen LogP contribution in [0.4, 0.5) is 11.5 Å². The van der Waals surface area contributed by atoms with Gasteiger partial charge in [-0.15, -0.1) is 16.4 Å². The molecule has 2 amide bonds. The van der Waals surface area contributed by atoms with Crippen LogP contribution in [-0.4, -0.2) is 46.1 Å². The van der Waals surface area contributed by atoms with Crippen molar-refractivity contribution in [3.63, 3.8) is 0 Å². The second kappa shape index (κ2) is 8.28. The minimum atomic E-state index is -0.262. The Morgan fingerprint density at radius 1 is 1.24 bits per heavy atom. The minimum absolute atomic E-state index is 0.130. The van der Waals surface area contributed by atoms with E-state index in [0.29, 0.717) is 53.8 Å². The fourth-order valence-corrected chi connectivity index (χ4v) is 4.85. The molecule has 0 atom stereocenters. The Bertz CT molecular complexity index is 1290. The van der Waals surface area contributed by atoms with E-state index in [1.165, 1.54) is 11.3 Å². The van der Waals surface area contributed by atoms with Crippen LogP contribution in [0.25, 0.3) is 0 Å². The summed E-state index contributed by atoms with van der Waals surface area (Å²) in [7, 11) is 0. The molecule has 9 nitrogen and oxygen atoms in total. The van der Waals surface area contributed by atoms with Crippen LogP contribution < -0.4 is 10.2 Å². The van der Waals surface area contributed by atoms with E-state index in [0.717, 1.165) is 16.1 Å². The summed E-state index contributed by atoms with van der Waals surface area (Å²) in [5.41, 5.74) is 3.51. The third-order valence-corrected chi connectivity index (χ3v) is 6.69.